The van der Waals surface area contributed by atoms with Crippen LogP contribution in [-0.4, -0.2) is 35.2 Å². The Bertz CT molecular complexity index is 202. The molecular formula is C12H23NO. The van der Waals surface area contributed by atoms with E-state index >= 15 is 0 Å². The van der Waals surface area contributed by atoms with Crippen molar-refractivity contribution in [1.29, 1.82) is 0 Å². The van der Waals surface area contributed by atoms with Gasteiger partial charge in [-0.15, -0.1) is 0 Å². The number of aliphatic hydroxyl groups is 1. The molecule has 1 aliphatic carbocycles. The van der Waals surface area contributed by atoms with Gasteiger partial charge in [0.1, 0.15) is 0 Å². The van der Waals surface area contributed by atoms with E-state index in [1.807, 2.05) is 0 Å². The van der Waals surface area contributed by atoms with E-state index < -0.39 is 0 Å². The molecule has 0 bridgehead atoms. The van der Waals surface area contributed by atoms with Crippen molar-refractivity contribution in [1.82, 2.24) is 4.90 Å². The van der Waals surface area contributed by atoms with Gasteiger partial charge in [0.05, 0.1) is 6.10 Å². The molecule has 14 heavy (non-hydrogen) atoms. The van der Waals surface area contributed by atoms with Crippen LogP contribution in [0.2, 0.25) is 0 Å². The fourth-order valence-corrected chi connectivity index (χ4v) is 3.05. The van der Waals surface area contributed by atoms with Crippen LogP contribution < -0.4 is 0 Å². The van der Waals surface area contributed by atoms with Crippen molar-refractivity contribution in [3.8, 4) is 0 Å². The van der Waals surface area contributed by atoms with Gasteiger partial charge in [-0.2, -0.15) is 0 Å². The van der Waals surface area contributed by atoms with Crippen LogP contribution in [0, 0.1) is 5.41 Å². The molecule has 1 saturated carbocycles. The van der Waals surface area contributed by atoms with E-state index in [1.165, 1.54) is 32.4 Å². The van der Waals surface area contributed by atoms with Gasteiger partial charge in [-0.25, -0.2) is 0 Å². The predicted molar refractivity (Wildman–Crippen MR) is 58.2 cm³/mol. The molecule has 0 spiro atoms. The maximum Gasteiger partial charge on any atom is 0.0555 e. The summed E-state index contributed by atoms with van der Waals surface area (Å²) in [4.78, 5) is 2.61. The average molecular weight is 197 g/mol. The first-order valence-electron chi connectivity index (χ1n) is 5.99. The maximum absolute atomic E-state index is 9.53. The standard InChI is InChI=1S/C12H23NO/c1-12(2)6-3-7-13(9-12)10-4-5-11(14)8-10/h10-11,14H,3-9H2,1-2H3. The highest BCUT2D eigenvalue weighted by Crippen LogP contribution is 2.33. The summed E-state index contributed by atoms with van der Waals surface area (Å²) >= 11 is 0. The quantitative estimate of drug-likeness (QED) is 0.695. The van der Waals surface area contributed by atoms with E-state index in [2.05, 4.69) is 18.7 Å². The first-order valence-corrected chi connectivity index (χ1v) is 5.99. The Balaban J connectivity index is 1.91. The minimum Gasteiger partial charge on any atom is -0.393 e. The van der Waals surface area contributed by atoms with E-state index in [9.17, 15) is 5.11 Å². The molecule has 1 aliphatic heterocycles. The van der Waals surface area contributed by atoms with Crippen LogP contribution in [0.3, 0.4) is 0 Å². The molecule has 0 amide bonds. The number of hydrogen-bond acceptors (Lipinski definition) is 2. The molecule has 0 aromatic heterocycles. The van der Waals surface area contributed by atoms with Crippen molar-refractivity contribution in [3.05, 3.63) is 0 Å². The number of likely N-dealkylation sites (tertiary alicyclic amines) is 1. The molecular weight excluding hydrogens is 174 g/mol. The monoisotopic (exact) mass is 197 g/mol. The molecule has 2 atom stereocenters. The first kappa shape index (κ1) is 10.4. The van der Waals surface area contributed by atoms with E-state index in [1.54, 1.807) is 0 Å². The molecule has 1 heterocycles. The number of piperidine rings is 1. The second-order valence-electron chi connectivity index (χ2n) is 5.86. The SMILES string of the molecule is CC1(C)CCCN(C2CCC(O)C2)C1. The zero-order valence-electron chi connectivity index (χ0n) is 9.50. The van der Waals surface area contributed by atoms with Crippen molar-refractivity contribution < 1.29 is 5.11 Å². The highest BCUT2D eigenvalue weighted by Gasteiger charge is 2.33. The van der Waals surface area contributed by atoms with Gasteiger partial charge in [-0.3, -0.25) is 4.90 Å². The van der Waals surface area contributed by atoms with Gasteiger partial charge in [0.2, 0.25) is 0 Å². The molecule has 1 saturated heterocycles. The Kier molecular flexibility index (Phi) is 2.85. The maximum atomic E-state index is 9.53. The molecule has 2 fully saturated rings. The van der Waals surface area contributed by atoms with Gasteiger partial charge in [0.25, 0.3) is 0 Å². The summed E-state index contributed by atoms with van der Waals surface area (Å²) in [5, 5.41) is 9.53. The lowest BCUT2D eigenvalue weighted by molar-refractivity contribution is 0.0724. The summed E-state index contributed by atoms with van der Waals surface area (Å²) in [6, 6.07) is 0.671. The number of nitrogens with zero attached hydrogens (tertiary/aromatic N) is 1. The molecule has 0 radical (unpaired) electrons. The minimum absolute atomic E-state index is 0.0231. The van der Waals surface area contributed by atoms with Crippen molar-refractivity contribution in [3.63, 3.8) is 0 Å². The predicted octanol–water partition coefficient (Wildman–Crippen LogP) is 2.02. The number of aliphatic hydroxyl groups excluding tert-OH is 1. The first-order chi connectivity index (χ1) is 6.57. The third kappa shape index (κ3) is 2.29. The highest BCUT2D eigenvalue weighted by molar-refractivity contribution is 4.88. The van der Waals surface area contributed by atoms with Gasteiger partial charge < -0.3 is 5.11 Å². The molecule has 2 unspecified atom stereocenters. The van der Waals surface area contributed by atoms with Crippen LogP contribution in [-0.2, 0) is 0 Å². The average Bonchev–Trinajstić information content (AvgIpc) is 2.50. The van der Waals surface area contributed by atoms with Crippen LogP contribution in [0.1, 0.15) is 46.0 Å². The Morgan fingerprint density at radius 3 is 2.64 bits per heavy atom. The number of rotatable bonds is 1. The Morgan fingerprint density at radius 1 is 1.29 bits per heavy atom. The smallest absolute Gasteiger partial charge is 0.0555 e. The van der Waals surface area contributed by atoms with Crippen LogP contribution in [0.25, 0.3) is 0 Å². The van der Waals surface area contributed by atoms with Gasteiger partial charge in [0.15, 0.2) is 0 Å². The number of hydrogen-bond donors (Lipinski definition) is 1. The topological polar surface area (TPSA) is 23.5 Å². The molecule has 2 heteroatoms. The second-order valence-corrected chi connectivity index (χ2v) is 5.86. The normalized spacial score (nSPS) is 38.8. The zero-order chi connectivity index (χ0) is 10.2. The van der Waals surface area contributed by atoms with Gasteiger partial charge in [0, 0.05) is 12.6 Å². The largest absolute Gasteiger partial charge is 0.393 e. The molecule has 2 aliphatic rings. The Labute approximate surface area is 87.3 Å². The third-order valence-electron chi connectivity index (χ3n) is 3.82. The van der Waals surface area contributed by atoms with Crippen molar-refractivity contribution >= 4 is 0 Å². The van der Waals surface area contributed by atoms with Crippen LogP contribution >= 0.6 is 0 Å². The lowest BCUT2D eigenvalue weighted by Crippen LogP contribution is -2.45. The summed E-state index contributed by atoms with van der Waals surface area (Å²) in [5.74, 6) is 0. The lowest BCUT2D eigenvalue weighted by Gasteiger charge is -2.41. The molecule has 2 rings (SSSR count). The Hall–Kier alpha value is -0.0800. The molecule has 2 nitrogen and oxygen atoms in total. The second kappa shape index (κ2) is 3.82. The fourth-order valence-electron chi connectivity index (χ4n) is 3.05. The molecule has 0 aromatic carbocycles. The van der Waals surface area contributed by atoms with Gasteiger partial charge in [-0.1, -0.05) is 13.8 Å². The van der Waals surface area contributed by atoms with Crippen LogP contribution in [0.15, 0.2) is 0 Å². The lowest BCUT2D eigenvalue weighted by atomic mass is 9.83. The molecule has 0 aromatic rings. The van der Waals surface area contributed by atoms with Crippen molar-refractivity contribution in [2.45, 2.75) is 58.1 Å². The summed E-state index contributed by atoms with van der Waals surface area (Å²) in [7, 11) is 0. The minimum atomic E-state index is -0.0231. The van der Waals surface area contributed by atoms with E-state index in [-0.39, 0.29) is 6.10 Å². The summed E-state index contributed by atoms with van der Waals surface area (Å²) in [6.45, 7) is 7.21. The summed E-state index contributed by atoms with van der Waals surface area (Å²) in [5.41, 5.74) is 0.492. The van der Waals surface area contributed by atoms with Gasteiger partial charge in [-0.05, 0) is 44.1 Å². The fraction of sp³-hybridized carbons (Fsp3) is 1.00. The Morgan fingerprint density at radius 2 is 2.07 bits per heavy atom. The van der Waals surface area contributed by atoms with Crippen LogP contribution in [0.5, 0.6) is 0 Å². The van der Waals surface area contributed by atoms with Crippen molar-refractivity contribution in [2.24, 2.45) is 5.41 Å². The molecule has 82 valence electrons. The van der Waals surface area contributed by atoms with Crippen molar-refractivity contribution in [2.75, 3.05) is 13.1 Å². The van der Waals surface area contributed by atoms with E-state index in [4.69, 9.17) is 0 Å². The third-order valence-corrected chi connectivity index (χ3v) is 3.82. The van der Waals surface area contributed by atoms with Gasteiger partial charge >= 0.3 is 0 Å². The van der Waals surface area contributed by atoms with Crippen LogP contribution in [0.4, 0.5) is 0 Å². The summed E-state index contributed by atoms with van der Waals surface area (Å²) in [6.07, 6.45) is 5.90. The highest BCUT2D eigenvalue weighted by atomic mass is 16.3. The molecule has 1 N–H and O–H groups in total. The van der Waals surface area contributed by atoms with E-state index in [0.29, 0.717) is 11.5 Å². The van der Waals surface area contributed by atoms with E-state index in [0.717, 1.165) is 12.8 Å². The summed E-state index contributed by atoms with van der Waals surface area (Å²) < 4.78 is 0. The zero-order valence-corrected chi connectivity index (χ0v) is 9.50.